The lowest BCUT2D eigenvalue weighted by molar-refractivity contribution is 0.125. The van der Waals surface area contributed by atoms with Gasteiger partial charge in [-0.05, 0) is 32.9 Å². The number of pyridine rings is 1. The molecule has 4 nitrogen and oxygen atoms in total. The van der Waals surface area contributed by atoms with Crippen LogP contribution < -0.4 is 15.8 Å². The van der Waals surface area contributed by atoms with E-state index in [2.05, 4.69) is 16.2 Å². The van der Waals surface area contributed by atoms with Gasteiger partial charge in [-0.3, -0.25) is 0 Å². The largest absolute Gasteiger partial charge is 0.470 e. The summed E-state index contributed by atoms with van der Waals surface area (Å²) < 4.78 is 5.71. The second kappa shape index (κ2) is 7.15. The van der Waals surface area contributed by atoms with Crippen LogP contribution in [0.3, 0.4) is 0 Å². The molecule has 0 aliphatic heterocycles. The number of nitrogens with two attached hydrogens (primary N) is 1. The summed E-state index contributed by atoms with van der Waals surface area (Å²) in [4.78, 5) is 4.37. The third-order valence-corrected chi connectivity index (χ3v) is 2.89. The van der Waals surface area contributed by atoms with Gasteiger partial charge in [-0.2, -0.15) is 4.98 Å². The predicted octanol–water partition coefficient (Wildman–Crippen LogP) is 2.62. The van der Waals surface area contributed by atoms with Gasteiger partial charge >= 0.3 is 0 Å². The van der Waals surface area contributed by atoms with E-state index in [1.165, 1.54) is 0 Å². The Morgan fingerprint density at radius 1 is 1.47 bits per heavy atom. The van der Waals surface area contributed by atoms with Crippen molar-refractivity contribution in [2.75, 3.05) is 29.1 Å². The molecular weight excluding hydrogens is 258 g/mol. The minimum Gasteiger partial charge on any atom is -0.470 e. The van der Waals surface area contributed by atoms with Crippen molar-refractivity contribution < 1.29 is 4.74 Å². The number of rotatable bonds is 6. The predicted molar refractivity (Wildman–Crippen MR) is 83.7 cm³/mol. The minimum absolute atomic E-state index is 0.317. The Balaban J connectivity index is 2.56. The van der Waals surface area contributed by atoms with Crippen molar-refractivity contribution in [1.82, 2.24) is 4.98 Å². The third kappa shape index (κ3) is 6.25. The zero-order valence-electron chi connectivity index (χ0n) is 11.7. The maximum atomic E-state index is 5.85. The molecule has 0 atom stereocenters. The fourth-order valence-electron chi connectivity index (χ4n) is 1.30. The molecule has 0 amide bonds. The molecule has 0 aliphatic carbocycles. The molecule has 1 heterocycles. The van der Waals surface area contributed by atoms with Crippen molar-refractivity contribution >= 4 is 23.3 Å². The summed E-state index contributed by atoms with van der Waals surface area (Å²) in [7, 11) is 0. The number of nitrogens with one attached hydrogen (secondary N) is 1. The van der Waals surface area contributed by atoms with Crippen molar-refractivity contribution in [1.29, 1.82) is 0 Å². The molecule has 104 valence electrons. The Bertz CT molecular complexity index is 449. The maximum absolute atomic E-state index is 5.85. The molecule has 19 heavy (non-hydrogen) atoms. The van der Waals surface area contributed by atoms with Gasteiger partial charge in [0.2, 0.25) is 5.88 Å². The lowest BCUT2D eigenvalue weighted by Gasteiger charge is -2.21. The van der Waals surface area contributed by atoms with Gasteiger partial charge in [0, 0.05) is 12.3 Å². The van der Waals surface area contributed by atoms with Gasteiger partial charge in [0.15, 0.2) is 0 Å². The van der Waals surface area contributed by atoms with Gasteiger partial charge in [-0.25, -0.2) is 0 Å². The van der Waals surface area contributed by atoms with Crippen molar-refractivity contribution in [3.05, 3.63) is 12.1 Å². The van der Waals surface area contributed by atoms with Crippen LogP contribution in [0.5, 0.6) is 5.88 Å². The van der Waals surface area contributed by atoms with E-state index in [-0.39, 0.29) is 5.60 Å². The molecule has 0 bridgehead atoms. The van der Waals surface area contributed by atoms with Crippen LogP contribution >= 0.6 is 11.8 Å². The normalized spacial score (nSPS) is 10.8. The topological polar surface area (TPSA) is 60.2 Å². The van der Waals surface area contributed by atoms with E-state index in [1.807, 2.05) is 26.8 Å². The Hall–Kier alpha value is -1.54. The minimum atomic E-state index is -0.317. The van der Waals surface area contributed by atoms with Gasteiger partial charge in [0.1, 0.15) is 11.4 Å². The zero-order valence-corrected chi connectivity index (χ0v) is 12.5. The average Bonchev–Trinajstić information content (AvgIpc) is 2.31. The molecule has 3 N–H and O–H groups in total. The Kier molecular flexibility index (Phi) is 5.84. The summed E-state index contributed by atoms with van der Waals surface area (Å²) in [6.45, 7) is 6.69. The first-order valence-electron chi connectivity index (χ1n) is 6.13. The summed E-state index contributed by atoms with van der Waals surface area (Å²) in [5.74, 6) is 5.48. The van der Waals surface area contributed by atoms with E-state index in [0.717, 1.165) is 23.9 Å². The lowest BCUT2D eigenvalue weighted by atomic mass is 10.2. The van der Waals surface area contributed by atoms with Crippen LogP contribution in [0.1, 0.15) is 20.8 Å². The van der Waals surface area contributed by atoms with Gasteiger partial charge in [0.05, 0.1) is 11.4 Å². The molecule has 1 aromatic heterocycles. The molecule has 0 spiro atoms. The Morgan fingerprint density at radius 2 is 2.21 bits per heavy atom. The molecule has 0 saturated carbocycles. The quantitative estimate of drug-likeness (QED) is 0.619. The molecule has 1 rings (SSSR count). The number of aromatic nitrogens is 1. The van der Waals surface area contributed by atoms with E-state index in [9.17, 15) is 0 Å². The average molecular weight is 279 g/mol. The summed E-state index contributed by atoms with van der Waals surface area (Å²) in [5.41, 5.74) is 6.08. The molecule has 0 aliphatic rings. The Morgan fingerprint density at radius 3 is 2.84 bits per heavy atom. The fraction of sp³-hybridized carbons (Fsp3) is 0.500. The molecule has 0 fully saturated rings. The second-order valence-corrected chi connectivity index (χ2v) is 6.09. The highest BCUT2D eigenvalue weighted by molar-refractivity contribution is 7.99. The summed E-state index contributed by atoms with van der Waals surface area (Å²) in [6, 6.07) is 3.64. The molecular formula is C14H21N3OS. The summed E-state index contributed by atoms with van der Waals surface area (Å²) in [6.07, 6.45) is 5.18. The van der Waals surface area contributed by atoms with Crippen LogP contribution in [0, 0.1) is 12.3 Å². The Labute approximate surface area is 119 Å². The number of anilines is 2. The number of terminal acetylenes is 1. The van der Waals surface area contributed by atoms with Crippen LogP contribution in [-0.2, 0) is 0 Å². The first-order valence-corrected chi connectivity index (χ1v) is 7.28. The number of ether oxygens (including phenoxy) is 1. The van der Waals surface area contributed by atoms with Crippen LogP contribution in [-0.4, -0.2) is 28.6 Å². The van der Waals surface area contributed by atoms with Crippen molar-refractivity contribution in [2.45, 2.75) is 26.4 Å². The van der Waals surface area contributed by atoms with Gasteiger partial charge in [-0.15, -0.1) is 18.2 Å². The second-order valence-electron chi connectivity index (χ2n) is 4.99. The first-order chi connectivity index (χ1) is 8.92. The van der Waals surface area contributed by atoms with Crippen molar-refractivity contribution in [3.8, 4) is 18.2 Å². The standard InChI is InChI=1S/C14H21N3OS/c1-5-9-19-10-8-16-12-7-6-11(15)13(17-12)18-14(2,3)4/h1,6-7H,8-10,15H2,2-4H3,(H,16,17). The fourth-order valence-corrected chi connectivity index (χ4v) is 1.81. The van der Waals surface area contributed by atoms with E-state index in [4.69, 9.17) is 16.9 Å². The highest BCUT2D eigenvalue weighted by Gasteiger charge is 2.15. The van der Waals surface area contributed by atoms with Crippen LogP contribution in [0.25, 0.3) is 0 Å². The summed E-state index contributed by atoms with van der Waals surface area (Å²) >= 11 is 1.71. The number of hydrogen-bond acceptors (Lipinski definition) is 5. The molecule has 5 heteroatoms. The molecule has 0 saturated heterocycles. The van der Waals surface area contributed by atoms with Crippen LogP contribution in [0.2, 0.25) is 0 Å². The highest BCUT2D eigenvalue weighted by atomic mass is 32.2. The number of hydrogen-bond donors (Lipinski definition) is 2. The number of nitrogens with zero attached hydrogens (tertiary/aromatic N) is 1. The van der Waals surface area contributed by atoms with E-state index in [0.29, 0.717) is 11.6 Å². The van der Waals surface area contributed by atoms with Gasteiger partial charge in [-0.1, -0.05) is 5.92 Å². The van der Waals surface area contributed by atoms with E-state index < -0.39 is 0 Å². The zero-order chi connectivity index (χ0) is 14.3. The van der Waals surface area contributed by atoms with Gasteiger partial charge in [0.25, 0.3) is 0 Å². The molecule has 1 aromatic rings. The van der Waals surface area contributed by atoms with Crippen LogP contribution in [0.15, 0.2) is 12.1 Å². The first kappa shape index (κ1) is 15.5. The molecule has 0 aromatic carbocycles. The number of thioether (sulfide) groups is 1. The van der Waals surface area contributed by atoms with Crippen molar-refractivity contribution in [2.24, 2.45) is 0 Å². The third-order valence-electron chi connectivity index (χ3n) is 2.03. The van der Waals surface area contributed by atoms with E-state index >= 15 is 0 Å². The highest BCUT2D eigenvalue weighted by Crippen LogP contribution is 2.24. The summed E-state index contributed by atoms with van der Waals surface area (Å²) in [5, 5.41) is 3.22. The van der Waals surface area contributed by atoms with E-state index in [1.54, 1.807) is 17.8 Å². The maximum Gasteiger partial charge on any atom is 0.239 e. The van der Waals surface area contributed by atoms with Gasteiger partial charge < -0.3 is 15.8 Å². The van der Waals surface area contributed by atoms with Crippen LogP contribution in [0.4, 0.5) is 11.5 Å². The lowest BCUT2D eigenvalue weighted by Crippen LogP contribution is -2.24. The molecule has 0 unspecified atom stereocenters. The molecule has 0 radical (unpaired) electrons. The SMILES string of the molecule is C#CCSCCNc1ccc(N)c(OC(C)(C)C)n1. The number of nitrogen functional groups attached to an aromatic ring is 1. The smallest absolute Gasteiger partial charge is 0.239 e. The monoisotopic (exact) mass is 279 g/mol. The van der Waals surface area contributed by atoms with Crippen molar-refractivity contribution in [3.63, 3.8) is 0 Å².